The number of benzene rings is 1. The maximum atomic E-state index is 13.9. The lowest BCUT2D eigenvalue weighted by Gasteiger charge is -2.54. The minimum absolute atomic E-state index is 0.0397. The van der Waals surface area contributed by atoms with Crippen molar-refractivity contribution in [2.45, 2.75) is 56.0 Å². The van der Waals surface area contributed by atoms with E-state index in [0.717, 1.165) is 18.6 Å². The lowest BCUT2D eigenvalue weighted by molar-refractivity contribution is -0.190. The first-order chi connectivity index (χ1) is 18.9. The van der Waals surface area contributed by atoms with Crippen LogP contribution in [-0.4, -0.2) is 81.4 Å². The Hall–Kier alpha value is -3.38. The molecule has 0 aliphatic heterocycles. The molecule has 40 heavy (non-hydrogen) atoms. The number of nitrogens with two attached hydrogens (primary N) is 1. The van der Waals surface area contributed by atoms with E-state index < -0.39 is 64.7 Å². The third kappa shape index (κ3) is 3.87. The summed E-state index contributed by atoms with van der Waals surface area (Å²) in [5.41, 5.74) is 3.84. The molecule has 1 aromatic heterocycles. The molecule has 0 radical (unpaired) electrons. The molecule has 1 aromatic carbocycles. The number of carbonyl (C=O) groups is 4. The van der Waals surface area contributed by atoms with E-state index in [-0.39, 0.29) is 24.2 Å². The van der Waals surface area contributed by atoms with Crippen molar-refractivity contribution in [3.05, 3.63) is 41.2 Å². The number of nitrogens with zero attached hydrogens (tertiary/aromatic N) is 1. The fraction of sp³-hybridized carbons (Fsp3) is 0.517. The molecular formula is C29H33N3O8. The number of amides is 1. The second-order valence-electron chi connectivity index (χ2n) is 11.9. The Morgan fingerprint density at radius 3 is 2.52 bits per heavy atom. The number of rotatable bonds is 6. The van der Waals surface area contributed by atoms with Gasteiger partial charge in [-0.3, -0.25) is 19.2 Å². The number of ketones is 3. The molecule has 11 nitrogen and oxygen atoms in total. The number of aliphatic hydroxyl groups is 2. The van der Waals surface area contributed by atoms with E-state index in [2.05, 4.69) is 5.32 Å². The Kier molecular flexibility index (Phi) is 6.26. The number of hydrogen-bond donors (Lipinski definition) is 5. The van der Waals surface area contributed by atoms with Crippen LogP contribution in [0.15, 0.2) is 28.7 Å². The smallest absolute Gasteiger partial charge is 0.230 e. The van der Waals surface area contributed by atoms with Gasteiger partial charge in [0.2, 0.25) is 5.91 Å². The average molecular weight is 552 g/mol. The summed E-state index contributed by atoms with van der Waals surface area (Å²) in [7, 11) is 3.23. The van der Waals surface area contributed by atoms with E-state index in [4.69, 9.17) is 10.2 Å². The molecule has 4 aliphatic rings. The Labute approximate surface area is 230 Å². The number of carbonyl (C=O) groups excluding carboxylic acids is 4. The van der Waals surface area contributed by atoms with Gasteiger partial charge in [-0.25, -0.2) is 0 Å². The second kappa shape index (κ2) is 9.34. The minimum atomic E-state index is -2.68. The number of hydrogen-bond acceptors (Lipinski definition) is 10. The van der Waals surface area contributed by atoms with Gasteiger partial charge in [0.15, 0.2) is 23.0 Å². The standard InChI is InChI=1S/C29H33N3O8/c1-32(2)23-17-10-12-9-16-15(19-8-5-14(40-19)11-31-13-3-4-13)6-7-18(33)21(16)24(34)20(12)26(36)29(17,39)27(37)22(25(23)35)28(30)38/h5-8,12-13,17,20,22-23,25,31,33,35,39H,3-4,9-11H2,1-2H3,(H2,30,38)/t12-,17-,20?,22?,23-,25?,29-/m1/s1. The van der Waals surface area contributed by atoms with Gasteiger partial charge in [0, 0.05) is 23.6 Å². The molecule has 6 N–H and O–H groups in total. The Balaban J connectivity index is 1.41. The highest BCUT2D eigenvalue weighted by atomic mass is 16.3. The van der Waals surface area contributed by atoms with Gasteiger partial charge in [-0.1, -0.05) is 0 Å². The van der Waals surface area contributed by atoms with Crippen molar-refractivity contribution in [2.24, 2.45) is 29.4 Å². The predicted molar refractivity (Wildman–Crippen MR) is 140 cm³/mol. The highest BCUT2D eigenvalue weighted by molar-refractivity contribution is 6.25. The Bertz CT molecular complexity index is 1430. The number of aliphatic hydroxyl groups excluding tert-OH is 1. The summed E-state index contributed by atoms with van der Waals surface area (Å²) in [4.78, 5) is 55.0. The first-order valence-corrected chi connectivity index (χ1v) is 13.6. The van der Waals surface area contributed by atoms with Gasteiger partial charge in [0.05, 0.1) is 24.1 Å². The first kappa shape index (κ1) is 26.8. The monoisotopic (exact) mass is 551 g/mol. The van der Waals surface area contributed by atoms with Crippen LogP contribution in [0.2, 0.25) is 0 Å². The van der Waals surface area contributed by atoms with E-state index in [1.54, 1.807) is 31.1 Å². The van der Waals surface area contributed by atoms with Gasteiger partial charge in [0.1, 0.15) is 23.2 Å². The summed E-state index contributed by atoms with van der Waals surface area (Å²) in [6.07, 6.45) is 0.997. The van der Waals surface area contributed by atoms with E-state index in [1.165, 1.54) is 6.07 Å². The van der Waals surface area contributed by atoms with Gasteiger partial charge >= 0.3 is 0 Å². The number of fused-ring (bicyclic) bond motifs is 3. The van der Waals surface area contributed by atoms with Crippen LogP contribution in [0.1, 0.15) is 40.9 Å². The number of Topliss-reactive ketones (excluding diaryl/α,β-unsaturated/α-hetero) is 3. The van der Waals surface area contributed by atoms with Crippen LogP contribution in [0.3, 0.4) is 0 Å². The van der Waals surface area contributed by atoms with E-state index in [0.29, 0.717) is 29.5 Å². The van der Waals surface area contributed by atoms with Crippen molar-refractivity contribution in [1.29, 1.82) is 0 Å². The first-order valence-electron chi connectivity index (χ1n) is 13.6. The van der Waals surface area contributed by atoms with Gasteiger partial charge in [-0.2, -0.15) is 0 Å². The molecule has 0 saturated heterocycles. The molecular weight excluding hydrogens is 518 g/mol. The maximum absolute atomic E-state index is 13.9. The molecule has 7 atom stereocenters. The fourth-order valence-corrected chi connectivity index (χ4v) is 7.20. The summed E-state index contributed by atoms with van der Waals surface area (Å²) in [5, 5.41) is 36.8. The Morgan fingerprint density at radius 2 is 1.88 bits per heavy atom. The molecule has 212 valence electrons. The van der Waals surface area contributed by atoms with Crippen LogP contribution in [0.5, 0.6) is 5.75 Å². The number of aromatic hydroxyl groups is 1. The number of phenols is 1. The van der Waals surface area contributed by atoms with Crippen LogP contribution >= 0.6 is 0 Å². The topological polar surface area (TPSA) is 183 Å². The van der Waals surface area contributed by atoms with Crippen LogP contribution in [0.4, 0.5) is 0 Å². The molecule has 3 saturated carbocycles. The largest absolute Gasteiger partial charge is 0.507 e. The van der Waals surface area contributed by atoms with Gasteiger partial charge in [-0.15, -0.1) is 0 Å². The van der Waals surface area contributed by atoms with Crippen LogP contribution in [0, 0.1) is 23.7 Å². The predicted octanol–water partition coefficient (Wildman–Crippen LogP) is 0.171. The molecule has 1 amide bonds. The number of furan rings is 1. The summed E-state index contributed by atoms with van der Waals surface area (Å²) in [5.74, 6) is -8.00. The van der Waals surface area contributed by atoms with Crippen molar-refractivity contribution >= 4 is 23.3 Å². The highest BCUT2D eigenvalue weighted by Crippen LogP contribution is 2.52. The van der Waals surface area contributed by atoms with Gasteiger partial charge < -0.3 is 35.7 Å². The summed E-state index contributed by atoms with van der Waals surface area (Å²) < 4.78 is 6.07. The third-order valence-electron chi connectivity index (χ3n) is 9.24. The van der Waals surface area contributed by atoms with Gasteiger partial charge in [-0.05, 0) is 75.5 Å². The van der Waals surface area contributed by atoms with Crippen LogP contribution in [-0.2, 0) is 27.3 Å². The lowest BCUT2D eigenvalue weighted by atomic mass is 9.52. The molecule has 2 aromatic rings. The molecule has 0 bridgehead atoms. The molecule has 3 unspecified atom stereocenters. The van der Waals surface area contributed by atoms with E-state index >= 15 is 0 Å². The number of nitrogens with one attached hydrogen (secondary N) is 1. The normalized spacial score (nSPS) is 33.5. The summed E-state index contributed by atoms with van der Waals surface area (Å²) >= 11 is 0. The second-order valence-corrected chi connectivity index (χ2v) is 11.9. The van der Waals surface area contributed by atoms with Crippen molar-refractivity contribution in [2.75, 3.05) is 14.1 Å². The third-order valence-corrected chi connectivity index (χ3v) is 9.24. The van der Waals surface area contributed by atoms with Crippen molar-refractivity contribution in [1.82, 2.24) is 10.2 Å². The Morgan fingerprint density at radius 1 is 1.15 bits per heavy atom. The fourth-order valence-electron chi connectivity index (χ4n) is 7.20. The highest BCUT2D eigenvalue weighted by Gasteiger charge is 2.69. The van der Waals surface area contributed by atoms with Crippen molar-refractivity contribution in [3.63, 3.8) is 0 Å². The van der Waals surface area contributed by atoms with Gasteiger partial charge in [0.25, 0.3) is 0 Å². The number of phenolic OH excluding ortho intramolecular Hbond substituents is 1. The molecule has 0 spiro atoms. The lowest BCUT2D eigenvalue weighted by Crippen LogP contribution is -2.75. The zero-order chi connectivity index (χ0) is 28.7. The summed E-state index contributed by atoms with van der Waals surface area (Å²) in [6, 6.07) is 6.26. The quantitative estimate of drug-likeness (QED) is 0.310. The molecule has 11 heteroatoms. The average Bonchev–Trinajstić information content (AvgIpc) is 3.60. The zero-order valence-corrected chi connectivity index (χ0v) is 22.3. The SMILES string of the molecule is CN(C)[C@H]1C(O)C(C(N)=O)C(=O)[C@]2(O)C(=O)C3C(=O)c4c(O)ccc(-c5ccc(CNC6CC6)o5)c4C[C@@H]3C[C@H]12. The molecule has 6 rings (SSSR count). The zero-order valence-electron chi connectivity index (χ0n) is 22.3. The van der Waals surface area contributed by atoms with Crippen molar-refractivity contribution in [3.8, 4) is 17.1 Å². The molecule has 4 aliphatic carbocycles. The summed E-state index contributed by atoms with van der Waals surface area (Å²) in [6.45, 7) is 0.567. The van der Waals surface area contributed by atoms with E-state index in [1.807, 2.05) is 6.07 Å². The van der Waals surface area contributed by atoms with Crippen molar-refractivity contribution < 1.29 is 38.9 Å². The minimum Gasteiger partial charge on any atom is -0.507 e. The van der Waals surface area contributed by atoms with Crippen LogP contribution < -0.4 is 11.1 Å². The van der Waals surface area contributed by atoms with Crippen LogP contribution in [0.25, 0.3) is 11.3 Å². The number of likely N-dealkylation sites (N-methyl/N-ethyl adjacent to an activating group) is 1. The maximum Gasteiger partial charge on any atom is 0.230 e. The molecule has 1 heterocycles. The number of primary amides is 1. The van der Waals surface area contributed by atoms with E-state index in [9.17, 15) is 34.5 Å². The molecule has 3 fully saturated rings.